The summed E-state index contributed by atoms with van der Waals surface area (Å²) in [6.07, 6.45) is 0. The lowest BCUT2D eigenvalue weighted by Gasteiger charge is -2.02. The molecule has 1 rings (SSSR count). The summed E-state index contributed by atoms with van der Waals surface area (Å²) in [7, 11) is 1.59. The Morgan fingerprint density at radius 1 is 1.44 bits per heavy atom. The molecule has 3 heteroatoms. The summed E-state index contributed by atoms with van der Waals surface area (Å²) in [6.45, 7) is 3.55. The van der Waals surface area contributed by atoms with E-state index in [1.807, 2.05) is 6.92 Å². The molecule has 0 radical (unpaired) electrons. The van der Waals surface area contributed by atoms with E-state index in [0.29, 0.717) is 17.9 Å². The van der Waals surface area contributed by atoms with Gasteiger partial charge in [-0.05, 0) is 24.7 Å². The van der Waals surface area contributed by atoms with Gasteiger partial charge >= 0.3 is 0 Å². The molecule has 0 fully saturated rings. The Morgan fingerprint density at radius 2 is 2.25 bits per heavy atom. The molecule has 0 saturated heterocycles. The monoisotopic (exact) mass is 214 g/mol. The van der Waals surface area contributed by atoms with Crippen LogP contribution >= 0.6 is 0 Å². The predicted octanol–water partition coefficient (Wildman–Crippen LogP) is 1.53. The van der Waals surface area contributed by atoms with E-state index in [0.717, 1.165) is 12.1 Å². The third-order valence-corrected chi connectivity index (χ3v) is 2.02. The van der Waals surface area contributed by atoms with Gasteiger partial charge in [0.05, 0.1) is 30.9 Å². The fourth-order valence-corrected chi connectivity index (χ4v) is 1.20. The smallest absolute Gasteiger partial charge is 0.134 e. The predicted molar refractivity (Wildman–Crippen MR) is 63.1 cm³/mol. The highest BCUT2D eigenvalue weighted by molar-refractivity contribution is 5.50. The Morgan fingerprint density at radius 3 is 2.88 bits per heavy atom. The maximum absolute atomic E-state index is 8.78. The first-order valence-electron chi connectivity index (χ1n) is 5.09. The molecule has 0 spiro atoms. The number of hydrogen-bond donors (Lipinski definition) is 1. The molecule has 0 bridgehead atoms. The number of nitrogens with one attached hydrogen (secondary N) is 1. The van der Waals surface area contributed by atoms with Crippen LogP contribution in [0.4, 0.5) is 0 Å². The van der Waals surface area contributed by atoms with Crippen molar-refractivity contribution in [1.29, 1.82) is 5.26 Å². The van der Waals surface area contributed by atoms with Crippen molar-refractivity contribution in [3.63, 3.8) is 0 Å². The normalized spacial score (nSPS) is 8.81. The highest BCUT2D eigenvalue weighted by Gasteiger charge is 2.00. The number of benzene rings is 1. The van der Waals surface area contributed by atoms with E-state index in [1.54, 1.807) is 25.3 Å². The lowest BCUT2D eigenvalue weighted by molar-refractivity contribution is 0.413. The van der Waals surface area contributed by atoms with Gasteiger partial charge in [0.25, 0.3) is 0 Å². The van der Waals surface area contributed by atoms with Crippen LogP contribution in [-0.2, 0) is 0 Å². The van der Waals surface area contributed by atoms with Crippen LogP contribution < -0.4 is 10.1 Å². The first kappa shape index (κ1) is 12.1. The Bertz CT molecular complexity index is 449. The maximum atomic E-state index is 8.78. The largest absolute Gasteiger partial charge is 0.495 e. The third-order valence-electron chi connectivity index (χ3n) is 2.02. The zero-order valence-corrected chi connectivity index (χ0v) is 9.50. The lowest BCUT2D eigenvalue weighted by atomic mass is 10.1. The number of nitrogens with zero attached hydrogens (tertiary/aromatic N) is 1. The average Bonchev–Trinajstić information content (AvgIpc) is 2.34. The first-order chi connectivity index (χ1) is 7.81. The molecule has 0 atom stereocenters. The lowest BCUT2D eigenvalue weighted by Crippen LogP contribution is -2.11. The van der Waals surface area contributed by atoms with Gasteiger partial charge in [-0.2, -0.15) is 5.26 Å². The fourth-order valence-electron chi connectivity index (χ4n) is 1.20. The number of rotatable bonds is 3. The second kappa shape index (κ2) is 6.50. The van der Waals surface area contributed by atoms with E-state index in [-0.39, 0.29) is 0 Å². The quantitative estimate of drug-likeness (QED) is 0.613. The van der Waals surface area contributed by atoms with Crippen molar-refractivity contribution >= 4 is 0 Å². The summed E-state index contributed by atoms with van der Waals surface area (Å²) in [4.78, 5) is 0. The minimum absolute atomic E-state index is 0.591. The van der Waals surface area contributed by atoms with Crippen LogP contribution in [0.3, 0.4) is 0 Å². The molecule has 1 N–H and O–H groups in total. The molecule has 1 aromatic rings. The zero-order valence-electron chi connectivity index (χ0n) is 9.50. The van der Waals surface area contributed by atoms with E-state index >= 15 is 0 Å². The molecule has 0 aliphatic carbocycles. The maximum Gasteiger partial charge on any atom is 0.134 e. The van der Waals surface area contributed by atoms with Gasteiger partial charge in [-0.3, -0.25) is 0 Å². The molecule has 3 nitrogen and oxygen atoms in total. The van der Waals surface area contributed by atoms with E-state index in [4.69, 9.17) is 10.00 Å². The molecular formula is C13H14N2O. The second-order valence-corrected chi connectivity index (χ2v) is 3.11. The molecular weight excluding hydrogens is 200 g/mol. The summed E-state index contributed by atoms with van der Waals surface area (Å²) in [5, 5.41) is 11.9. The van der Waals surface area contributed by atoms with Gasteiger partial charge in [0.2, 0.25) is 0 Å². The summed E-state index contributed by atoms with van der Waals surface area (Å²) in [6, 6.07) is 7.29. The van der Waals surface area contributed by atoms with E-state index in [1.165, 1.54) is 0 Å². The van der Waals surface area contributed by atoms with Crippen molar-refractivity contribution in [2.75, 3.05) is 20.2 Å². The highest BCUT2D eigenvalue weighted by Crippen LogP contribution is 2.18. The van der Waals surface area contributed by atoms with Crippen LogP contribution in [0, 0.1) is 23.2 Å². The minimum Gasteiger partial charge on any atom is -0.495 e. The van der Waals surface area contributed by atoms with E-state index in [9.17, 15) is 0 Å². The van der Waals surface area contributed by atoms with Crippen molar-refractivity contribution in [3.8, 4) is 23.7 Å². The zero-order chi connectivity index (χ0) is 11.8. The van der Waals surface area contributed by atoms with Crippen LogP contribution in [0.2, 0.25) is 0 Å². The first-order valence-corrected chi connectivity index (χ1v) is 5.09. The van der Waals surface area contributed by atoms with Gasteiger partial charge in [0, 0.05) is 0 Å². The third kappa shape index (κ3) is 3.31. The van der Waals surface area contributed by atoms with Crippen LogP contribution in [0.25, 0.3) is 0 Å². The van der Waals surface area contributed by atoms with Crippen molar-refractivity contribution < 1.29 is 4.74 Å². The second-order valence-electron chi connectivity index (χ2n) is 3.11. The standard InChI is InChI=1S/C13H14N2O/c1-3-15-8-4-5-12-9-11(10-14)6-7-13(12)16-2/h6-7,9,15H,3,8H2,1-2H3. The van der Waals surface area contributed by atoms with E-state index in [2.05, 4.69) is 23.2 Å². The Kier molecular flexibility index (Phi) is 4.92. The summed E-state index contributed by atoms with van der Waals surface area (Å²) in [5.41, 5.74) is 1.34. The van der Waals surface area contributed by atoms with Gasteiger partial charge in [-0.1, -0.05) is 18.8 Å². The molecule has 0 saturated carbocycles. The Balaban J connectivity index is 2.90. The molecule has 0 amide bonds. The SMILES string of the molecule is CCNCC#Cc1cc(C#N)ccc1OC. The Labute approximate surface area is 96.0 Å². The Hall–Kier alpha value is -1.97. The van der Waals surface area contributed by atoms with E-state index < -0.39 is 0 Å². The molecule has 82 valence electrons. The molecule has 16 heavy (non-hydrogen) atoms. The van der Waals surface area contributed by atoms with Crippen LogP contribution in [0.1, 0.15) is 18.1 Å². The van der Waals surface area contributed by atoms with Crippen molar-refractivity contribution in [3.05, 3.63) is 29.3 Å². The van der Waals surface area contributed by atoms with Crippen molar-refractivity contribution in [2.24, 2.45) is 0 Å². The molecule has 0 unspecified atom stereocenters. The molecule has 0 aliphatic heterocycles. The minimum atomic E-state index is 0.591. The number of methoxy groups -OCH3 is 1. The van der Waals surface area contributed by atoms with Gasteiger partial charge in [0.15, 0.2) is 0 Å². The topological polar surface area (TPSA) is 45.0 Å². The summed E-state index contributed by atoms with van der Waals surface area (Å²) >= 11 is 0. The summed E-state index contributed by atoms with van der Waals surface area (Å²) in [5.74, 6) is 6.66. The van der Waals surface area contributed by atoms with Gasteiger partial charge < -0.3 is 10.1 Å². The van der Waals surface area contributed by atoms with Crippen LogP contribution in [0.15, 0.2) is 18.2 Å². The highest BCUT2D eigenvalue weighted by atomic mass is 16.5. The van der Waals surface area contributed by atoms with Crippen LogP contribution in [-0.4, -0.2) is 20.2 Å². The molecule has 0 aromatic heterocycles. The van der Waals surface area contributed by atoms with Crippen LogP contribution in [0.5, 0.6) is 5.75 Å². The summed E-state index contributed by atoms with van der Waals surface area (Å²) < 4.78 is 5.17. The van der Waals surface area contributed by atoms with Crippen molar-refractivity contribution in [1.82, 2.24) is 5.32 Å². The number of hydrogen-bond acceptors (Lipinski definition) is 3. The van der Waals surface area contributed by atoms with Gasteiger partial charge in [0.1, 0.15) is 5.75 Å². The van der Waals surface area contributed by atoms with Gasteiger partial charge in [-0.15, -0.1) is 0 Å². The number of ether oxygens (including phenoxy) is 1. The molecule has 1 aromatic carbocycles. The fraction of sp³-hybridized carbons (Fsp3) is 0.308. The molecule has 0 aliphatic rings. The average molecular weight is 214 g/mol. The number of nitriles is 1. The van der Waals surface area contributed by atoms with Gasteiger partial charge in [-0.25, -0.2) is 0 Å². The van der Waals surface area contributed by atoms with Crippen molar-refractivity contribution in [2.45, 2.75) is 6.92 Å². The molecule has 0 heterocycles.